The second kappa shape index (κ2) is 9.81. The Bertz CT molecular complexity index is 1210. The lowest BCUT2D eigenvalue weighted by atomic mass is 9.76. The summed E-state index contributed by atoms with van der Waals surface area (Å²) < 4.78 is 13.8. The molecule has 9 nitrogen and oxygen atoms in total. The number of likely N-dealkylation sites (tertiary alicyclic amines) is 1. The van der Waals surface area contributed by atoms with E-state index in [1.165, 1.54) is 15.7 Å². The molecule has 0 unspecified atom stereocenters. The first-order chi connectivity index (χ1) is 16.5. The van der Waals surface area contributed by atoms with E-state index >= 15 is 0 Å². The zero-order valence-electron chi connectivity index (χ0n) is 20.7. The van der Waals surface area contributed by atoms with Crippen LogP contribution in [-0.4, -0.2) is 37.7 Å². The smallest absolute Gasteiger partial charge is 0.417 e. The number of aromatic nitrogens is 2. The highest BCUT2D eigenvalue weighted by molar-refractivity contribution is 5.93. The lowest BCUT2D eigenvalue weighted by Crippen LogP contribution is -2.58. The molecular weight excluding hydrogens is 450 g/mol. The number of benzene rings is 1. The highest BCUT2D eigenvalue weighted by atomic mass is 16.6. The molecule has 1 saturated heterocycles. The summed E-state index contributed by atoms with van der Waals surface area (Å²) in [4.78, 5) is 53.3. The van der Waals surface area contributed by atoms with Crippen LogP contribution in [0.5, 0.6) is 0 Å². The number of ether oxygens (including phenoxy) is 2. The number of fused-ring (bicyclic) bond motifs is 2. The Kier molecular flexibility index (Phi) is 6.98. The van der Waals surface area contributed by atoms with Crippen LogP contribution in [0.15, 0.2) is 46.1 Å². The molecule has 1 aliphatic carbocycles. The maximum atomic E-state index is 13.5. The third-order valence-corrected chi connectivity index (χ3v) is 6.60. The van der Waals surface area contributed by atoms with Gasteiger partial charge in [-0.15, -0.1) is 0 Å². The number of piperidine rings is 1. The fourth-order valence-electron chi connectivity index (χ4n) is 5.02. The van der Waals surface area contributed by atoms with E-state index in [0.717, 1.165) is 16.6 Å². The van der Waals surface area contributed by atoms with Gasteiger partial charge < -0.3 is 9.47 Å². The number of hydrogen-bond acceptors (Lipinski definition) is 6. The number of carbonyl (C=O) groups is 2. The minimum absolute atomic E-state index is 0.166. The van der Waals surface area contributed by atoms with Crippen LogP contribution in [0.1, 0.15) is 63.6 Å². The Hall–Kier alpha value is -3.20. The topological polar surface area (TPSA) is 99.8 Å². The normalized spacial score (nSPS) is 22.2. The van der Waals surface area contributed by atoms with Gasteiger partial charge in [0.2, 0.25) is 5.91 Å². The molecule has 1 aromatic carbocycles. The molecule has 1 aliphatic heterocycles. The second-order valence-electron chi connectivity index (χ2n) is 10.5. The zero-order valence-corrected chi connectivity index (χ0v) is 20.7. The Morgan fingerprint density at radius 1 is 1.06 bits per heavy atom. The number of aryl methyl sites for hydroxylation is 1. The number of nitrogens with zero attached hydrogens (tertiary/aromatic N) is 3. The van der Waals surface area contributed by atoms with Crippen LogP contribution in [0.2, 0.25) is 0 Å². The molecule has 3 atom stereocenters. The summed E-state index contributed by atoms with van der Waals surface area (Å²) in [6, 6.07) is 8.53. The molecule has 188 valence electrons. The summed E-state index contributed by atoms with van der Waals surface area (Å²) in [7, 11) is 0. The van der Waals surface area contributed by atoms with Crippen molar-refractivity contribution in [2.75, 3.05) is 0 Å². The van der Waals surface area contributed by atoms with Crippen LogP contribution in [-0.2, 0) is 27.6 Å². The molecule has 2 aliphatic rings. The van der Waals surface area contributed by atoms with Crippen molar-refractivity contribution >= 4 is 12.0 Å². The molecule has 1 saturated carbocycles. The van der Waals surface area contributed by atoms with E-state index in [0.29, 0.717) is 24.8 Å². The highest BCUT2D eigenvalue weighted by Gasteiger charge is 2.47. The molecule has 0 spiro atoms. The van der Waals surface area contributed by atoms with Crippen LogP contribution in [0, 0.1) is 12.8 Å². The lowest BCUT2D eigenvalue weighted by Gasteiger charge is -2.46. The first-order valence-electron chi connectivity index (χ1n) is 12.0. The van der Waals surface area contributed by atoms with Gasteiger partial charge >= 0.3 is 11.8 Å². The van der Waals surface area contributed by atoms with Crippen molar-refractivity contribution in [3.63, 3.8) is 0 Å². The third kappa shape index (κ3) is 5.40. The summed E-state index contributed by atoms with van der Waals surface area (Å²) in [5.74, 6) is -0.117. The molecule has 0 radical (unpaired) electrons. The minimum atomic E-state index is -0.755. The van der Waals surface area contributed by atoms with Crippen LogP contribution in [0.25, 0.3) is 0 Å². The molecule has 0 N–H and O–H groups in total. The van der Waals surface area contributed by atoms with E-state index < -0.39 is 35.0 Å². The van der Waals surface area contributed by atoms with E-state index in [1.807, 2.05) is 30.3 Å². The Labute approximate surface area is 204 Å². The summed E-state index contributed by atoms with van der Waals surface area (Å²) in [6.45, 7) is 6.96. The van der Waals surface area contributed by atoms with Crippen LogP contribution in [0.3, 0.4) is 0 Å². The maximum absolute atomic E-state index is 13.5. The van der Waals surface area contributed by atoms with Crippen molar-refractivity contribution < 1.29 is 19.1 Å². The molecule has 35 heavy (non-hydrogen) atoms. The van der Waals surface area contributed by atoms with Crippen molar-refractivity contribution in [1.82, 2.24) is 14.0 Å². The van der Waals surface area contributed by atoms with E-state index in [4.69, 9.17) is 9.47 Å². The number of imide groups is 1. The van der Waals surface area contributed by atoms with Gasteiger partial charge in [0.15, 0.2) is 0 Å². The molecule has 2 heterocycles. The molecule has 2 fully saturated rings. The summed E-state index contributed by atoms with van der Waals surface area (Å²) in [5, 5.41) is 0. The fourth-order valence-corrected chi connectivity index (χ4v) is 5.02. The summed E-state index contributed by atoms with van der Waals surface area (Å²) >= 11 is 0. The van der Waals surface area contributed by atoms with Crippen molar-refractivity contribution in [2.24, 2.45) is 5.92 Å². The molecule has 9 heteroatoms. The molecular formula is C26H33N3O6. The fraction of sp³-hybridized carbons (Fsp3) is 0.538. The maximum Gasteiger partial charge on any atom is 0.417 e. The standard InChI is InChI=1S/C26H33N3O6/c1-17-14-27(24(32)28(23(17)31)16-34-15-18-8-6-5-7-9-18)20-11-10-19-12-21(20)29(22(30)13-19)25(33)35-26(2,3)4/h5-9,14,19-21H,10-13,15-16H2,1-4H3/t19-,20-,21-/m0/s1. The summed E-state index contributed by atoms with van der Waals surface area (Å²) in [5.41, 5.74) is -0.368. The average Bonchev–Trinajstić information content (AvgIpc) is 2.78. The lowest BCUT2D eigenvalue weighted by molar-refractivity contribution is -0.140. The van der Waals surface area contributed by atoms with Crippen molar-refractivity contribution in [3.8, 4) is 0 Å². The SMILES string of the molecule is Cc1cn([C@H]2CC[C@@H]3CC(=O)N(C(=O)OC(C)(C)C)[C@H]2C3)c(=O)n(COCc2ccccc2)c1=O. The molecule has 2 amide bonds. The van der Waals surface area contributed by atoms with E-state index in [2.05, 4.69) is 0 Å². The van der Waals surface area contributed by atoms with Gasteiger partial charge in [-0.25, -0.2) is 19.1 Å². The minimum Gasteiger partial charge on any atom is -0.443 e. The predicted octanol–water partition coefficient (Wildman–Crippen LogP) is 3.37. The van der Waals surface area contributed by atoms with Crippen LogP contribution < -0.4 is 11.2 Å². The summed E-state index contributed by atoms with van der Waals surface area (Å²) in [6.07, 6.45) is 3.13. The Morgan fingerprint density at radius 3 is 2.46 bits per heavy atom. The van der Waals surface area contributed by atoms with Crippen molar-refractivity contribution in [3.05, 3.63) is 68.5 Å². The molecule has 4 rings (SSSR count). The first kappa shape index (κ1) is 24.9. The average molecular weight is 484 g/mol. The first-order valence-corrected chi connectivity index (χ1v) is 12.0. The van der Waals surface area contributed by atoms with Crippen LogP contribution in [0.4, 0.5) is 4.79 Å². The number of carbonyl (C=O) groups excluding carboxylic acids is 2. The molecule has 2 aromatic rings. The van der Waals surface area contributed by atoms with Gasteiger partial charge in [0.05, 0.1) is 18.7 Å². The highest BCUT2D eigenvalue weighted by Crippen LogP contribution is 2.41. The molecule has 2 bridgehead atoms. The second-order valence-corrected chi connectivity index (χ2v) is 10.5. The van der Waals surface area contributed by atoms with E-state index in [9.17, 15) is 19.2 Å². The monoisotopic (exact) mass is 483 g/mol. The predicted molar refractivity (Wildman–Crippen MR) is 129 cm³/mol. The molecule has 1 aromatic heterocycles. The van der Waals surface area contributed by atoms with Gasteiger partial charge in [-0.05, 0) is 58.4 Å². The van der Waals surface area contributed by atoms with Gasteiger partial charge in [0.25, 0.3) is 5.56 Å². The van der Waals surface area contributed by atoms with Crippen molar-refractivity contribution in [2.45, 2.75) is 84.4 Å². The van der Waals surface area contributed by atoms with E-state index in [-0.39, 0.29) is 25.2 Å². The number of rotatable bonds is 5. The Balaban J connectivity index is 1.63. The number of hydrogen-bond donors (Lipinski definition) is 0. The largest absolute Gasteiger partial charge is 0.443 e. The van der Waals surface area contributed by atoms with Gasteiger partial charge in [-0.3, -0.25) is 14.2 Å². The van der Waals surface area contributed by atoms with Crippen molar-refractivity contribution in [1.29, 1.82) is 0 Å². The number of amides is 2. The third-order valence-electron chi connectivity index (χ3n) is 6.60. The van der Waals surface area contributed by atoms with Crippen LogP contribution >= 0.6 is 0 Å². The zero-order chi connectivity index (χ0) is 25.3. The quantitative estimate of drug-likeness (QED) is 0.647. The Morgan fingerprint density at radius 2 is 1.77 bits per heavy atom. The van der Waals surface area contributed by atoms with Gasteiger partial charge in [-0.1, -0.05) is 30.3 Å². The van der Waals surface area contributed by atoms with Gasteiger partial charge in [0, 0.05) is 18.2 Å². The van der Waals surface area contributed by atoms with E-state index in [1.54, 1.807) is 27.7 Å². The van der Waals surface area contributed by atoms with Gasteiger partial charge in [-0.2, -0.15) is 0 Å². The van der Waals surface area contributed by atoms with Gasteiger partial charge in [0.1, 0.15) is 12.3 Å².